The van der Waals surface area contributed by atoms with E-state index in [1.54, 1.807) is 19.9 Å². The lowest BCUT2D eigenvalue weighted by Gasteiger charge is -2.17. The number of hydrogen-bond donors (Lipinski definition) is 2. The number of sulfonamides is 1. The van der Waals surface area contributed by atoms with Crippen LogP contribution in [-0.2, 0) is 14.8 Å². The van der Waals surface area contributed by atoms with Crippen LogP contribution in [0.3, 0.4) is 0 Å². The van der Waals surface area contributed by atoms with Gasteiger partial charge in [-0.2, -0.15) is 9.98 Å². The molecule has 0 saturated carbocycles. The maximum Gasteiger partial charge on any atom is 0.321 e. The van der Waals surface area contributed by atoms with Gasteiger partial charge in [0.1, 0.15) is 17.0 Å². The molecule has 114 valence electrons. The topological polar surface area (TPSA) is 107 Å². The molecular weight excluding hydrogens is 316 g/mol. The van der Waals surface area contributed by atoms with E-state index in [0.717, 1.165) is 6.07 Å². The van der Waals surface area contributed by atoms with Gasteiger partial charge < -0.3 is 5.11 Å². The molecule has 0 saturated heterocycles. The van der Waals surface area contributed by atoms with Crippen LogP contribution in [0, 0.1) is 17.2 Å². The molecule has 0 unspecified atom stereocenters. The Morgan fingerprint density at radius 1 is 1.48 bits per heavy atom. The first-order valence-corrected chi connectivity index (χ1v) is 7.98. The quantitative estimate of drug-likeness (QED) is 0.829. The van der Waals surface area contributed by atoms with Crippen LogP contribution >= 0.6 is 11.6 Å². The van der Waals surface area contributed by atoms with Gasteiger partial charge in [-0.3, -0.25) is 4.79 Å². The highest BCUT2D eigenvalue weighted by atomic mass is 35.5. The van der Waals surface area contributed by atoms with E-state index < -0.39 is 22.0 Å². The summed E-state index contributed by atoms with van der Waals surface area (Å²) in [5, 5.41) is 18.2. The Balaban J connectivity index is 3.20. The van der Waals surface area contributed by atoms with Crippen molar-refractivity contribution in [3.63, 3.8) is 0 Å². The van der Waals surface area contributed by atoms with Crippen molar-refractivity contribution in [2.75, 3.05) is 0 Å². The second kappa shape index (κ2) is 6.89. The number of nitrogens with zero attached hydrogens (tertiary/aromatic N) is 1. The van der Waals surface area contributed by atoms with Crippen molar-refractivity contribution >= 4 is 27.6 Å². The Hall–Kier alpha value is -1.62. The third-order valence-corrected chi connectivity index (χ3v) is 4.40. The number of carboxylic acids is 1. The molecule has 0 aliphatic heterocycles. The third kappa shape index (κ3) is 4.70. The minimum Gasteiger partial charge on any atom is -0.480 e. The number of nitrogens with one attached hydrogen (secondary N) is 1. The third-order valence-electron chi connectivity index (χ3n) is 2.66. The van der Waals surface area contributed by atoms with E-state index >= 15 is 0 Å². The molecule has 8 heteroatoms. The molecule has 0 spiro atoms. The smallest absolute Gasteiger partial charge is 0.321 e. The number of nitriles is 1. The first-order chi connectivity index (χ1) is 9.67. The Kier molecular flexibility index (Phi) is 5.72. The molecule has 1 aromatic carbocycles. The second-order valence-corrected chi connectivity index (χ2v) is 7.01. The van der Waals surface area contributed by atoms with Crippen molar-refractivity contribution in [2.24, 2.45) is 5.92 Å². The van der Waals surface area contributed by atoms with E-state index in [4.69, 9.17) is 22.0 Å². The lowest BCUT2D eigenvalue weighted by Crippen LogP contribution is -2.41. The zero-order valence-corrected chi connectivity index (χ0v) is 13.1. The number of halogens is 1. The maximum absolute atomic E-state index is 12.3. The van der Waals surface area contributed by atoms with E-state index in [0.29, 0.717) is 0 Å². The van der Waals surface area contributed by atoms with Crippen molar-refractivity contribution in [3.8, 4) is 6.07 Å². The number of rotatable bonds is 6. The molecule has 2 N–H and O–H groups in total. The van der Waals surface area contributed by atoms with E-state index in [1.165, 1.54) is 12.1 Å². The summed E-state index contributed by atoms with van der Waals surface area (Å²) >= 11 is 5.75. The van der Waals surface area contributed by atoms with Crippen LogP contribution < -0.4 is 4.72 Å². The van der Waals surface area contributed by atoms with Crippen LogP contribution in [0.25, 0.3) is 0 Å². The maximum atomic E-state index is 12.3. The summed E-state index contributed by atoms with van der Waals surface area (Å²) in [6.07, 6.45) is 0.136. The highest BCUT2D eigenvalue weighted by molar-refractivity contribution is 7.89. The van der Waals surface area contributed by atoms with Crippen molar-refractivity contribution in [3.05, 3.63) is 28.8 Å². The number of hydrogen-bond acceptors (Lipinski definition) is 4. The molecule has 6 nitrogen and oxygen atoms in total. The van der Waals surface area contributed by atoms with Gasteiger partial charge in [-0.25, -0.2) is 8.42 Å². The summed E-state index contributed by atoms with van der Waals surface area (Å²) in [6, 6.07) is 4.27. The minimum absolute atomic E-state index is 0.0106. The summed E-state index contributed by atoms with van der Waals surface area (Å²) in [4.78, 5) is 10.8. The van der Waals surface area contributed by atoms with Gasteiger partial charge in [0.2, 0.25) is 10.0 Å². The average Bonchev–Trinajstić information content (AvgIpc) is 2.37. The Bertz CT molecular complexity index is 680. The van der Waals surface area contributed by atoms with Gasteiger partial charge in [-0.15, -0.1) is 0 Å². The Morgan fingerprint density at radius 2 is 2.10 bits per heavy atom. The molecule has 0 aliphatic carbocycles. The average molecular weight is 331 g/mol. The van der Waals surface area contributed by atoms with E-state index in [9.17, 15) is 13.2 Å². The normalized spacial score (nSPS) is 12.9. The molecule has 0 radical (unpaired) electrons. The van der Waals surface area contributed by atoms with Crippen molar-refractivity contribution in [1.82, 2.24) is 4.72 Å². The zero-order valence-electron chi connectivity index (χ0n) is 11.5. The van der Waals surface area contributed by atoms with Gasteiger partial charge in [-0.05, 0) is 30.5 Å². The number of benzene rings is 1. The standard InChI is InChI=1S/C13H15ClN2O4S/c1-8(2)5-11(13(17)18)16-21(19,20)12-6-10(14)4-3-9(12)7-15/h3-4,6,8,11,16H,5H2,1-2H3,(H,17,18)/t11-/m0/s1. The molecule has 0 fully saturated rings. The number of carboxylic acid groups (broad SMARTS) is 1. The molecule has 1 rings (SSSR count). The fourth-order valence-electron chi connectivity index (χ4n) is 1.73. The van der Waals surface area contributed by atoms with Crippen LogP contribution in [0.2, 0.25) is 5.02 Å². The number of carbonyl (C=O) groups is 1. The molecule has 0 aliphatic rings. The van der Waals surface area contributed by atoms with Crippen LogP contribution in [-0.4, -0.2) is 25.5 Å². The number of aliphatic carboxylic acids is 1. The minimum atomic E-state index is -4.15. The van der Waals surface area contributed by atoms with Crippen LogP contribution in [0.4, 0.5) is 0 Å². The Labute approximate surface area is 128 Å². The highest BCUT2D eigenvalue weighted by Crippen LogP contribution is 2.21. The molecular formula is C13H15ClN2O4S. The van der Waals surface area contributed by atoms with Crippen LogP contribution in [0.15, 0.2) is 23.1 Å². The largest absolute Gasteiger partial charge is 0.480 e. The molecule has 1 aromatic rings. The highest BCUT2D eigenvalue weighted by Gasteiger charge is 2.28. The van der Waals surface area contributed by atoms with Gasteiger partial charge in [0.05, 0.1) is 5.56 Å². The van der Waals surface area contributed by atoms with Gasteiger partial charge in [0.15, 0.2) is 0 Å². The second-order valence-electron chi connectivity index (χ2n) is 4.89. The molecule has 0 bridgehead atoms. The monoisotopic (exact) mass is 330 g/mol. The lowest BCUT2D eigenvalue weighted by molar-refractivity contribution is -0.139. The van der Waals surface area contributed by atoms with Crippen molar-refractivity contribution in [2.45, 2.75) is 31.2 Å². The lowest BCUT2D eigenvalue weighted by atomic mass is 10.1. The van der Waals surface area contributed by atoms with E-state index in [2.05, 4.69) is 4.72 Å². The van der Waals surface area contributed by atoms with Gasteiger partial charge in [0.25, 0.3) is 0 Å². The van der Waals surface area contributed by atoms with E-state index in [1.807, 2.05) is 0 Å². The molecule has 0 aromatic heterocycles. The molecule has 0 amide bonds. The van der Waals surface area contributed by atoms with Crippen molar-refractivity contribution in [1.29, 1.82) is 5.26 Å². The van der Waals surface area contributed by atoms with Gasteiger partial charge in [0, 0.05) is 5.02 Å². The zero-order chi connectivity index (χ0) is 16.2. The molecule has 1 atom stereocenters. The predicted octanol–water partition coefficient (Wildman–Crippen LogP) is 1.99. The summed E-state index contributed by atoms with van der Waals surface area (Å²) in [5.74, 6) is -1.28. The first kappa shape index (κ1) is 17.4. The summed E-state index contributed by atoms with van der Waals surface area (Å²) in [6.45, 7) is 3.56. The predicted molar refractivity (Wildman–Crippen MR) is 77.4 cm³/mol. The van der Waals surface area contributed by atoms with Crippen molar-refractivity contribution < 1.29 is 18.3 Å². The molecule has 21 heavy (non-hydrogen) atoms. The fraction of sp³-hybridized carbons (Fsp3) is 0.385. The van der Waals surface area contributed by atoms with E-state index in [-0.39, 0.29) is 27.8 Å². The fourth-order valence-corrected chi connectivity index (χ4v) is 3.35. The van der Waals surface area contributed by atoms with Gasteiger partial charge in [-0.1, -0.05) is 25.4 Å². The van der Waals surface area contributed by atoms with Gasteiger partial charge >= 0.3 is 5.97 Å². The van der Waals surface area contributed by atoms with Crippen LogP contribution in [0.5, 0.6) is 0 Å². The summed E-state index contributed by atoms with van der Waals surface area (Å²) < 4.78 is 26.7. The summed E-state index contributed by atoms with van der Waals surface area (Å²) in [5.41, 5.74) is -0.0967. The summed E-state index contributed by atoms with van der Waals surface area (Å²) in [7, 11) is -4.15. The SMILES string of the molecule is CC(C)C[C@H](NS(=O)(=O)c1cc(Cl)ccc1C#N)C(=O)O. The Morgan fingerprint density at radius 3 is 2.57 bits per heavy atom. The molecule has 0 heterocycles. The van der Waals surface area contributed by atoms with Crippen LogP contribution in [0.1, 0.15) is 25.8 Å². The first-order valence-electron chi connectivity index (χ1n) is 6.12.